The summed E-state index contributed by atoms with van der Waals surface area (Å²) >= 11 is 0. The van der Waals surface area contributed by atoms with Crippen molar-refractivity contribution in [2.45, 2.75) is 40.2 Å². The highest BCUT2D eigenvalue weighted by molar-refractivity contribution is 5.75. The van der Waals surface area contributed by atoms with Gasteiger partial charge in [-0.25, -0.2) is 0 Å². The van der Waals surface area contributed by atoms with Crippen molar-refractivity contribution in [1.82, 2.24) is 0 Å². The first-order valence-electron chi connectivity index (χ1n) is 5.71. The van der Waals surface area contributed by atoms with Crippen LogP contribution >= 0.6 is 0 Å². The van der Waals surface area contributed by atoms with E-state index in [1.165, 1.54) is 0 Å². The van der Waals surface area contributed by atoms with Crippen molar-refractivity contribution in [1.29, 1.82) is 0 Å². The topological polar surface area (TPSA) is 26.3 Å². The summed E-state index contributed by atoms with van der Waals surface area (Å²) in [5, 5.41) is 0. The Hall–Kier alpha value is -1.31. The van der Waals surface area contributed by atoms with Crippen LogP contribution < -0.4 is 0 Å². The molecule has 0 spiro atoms. The van der Waals surface area contributed by atoms with Crippen molar-refractivity contribution in [2.24, 2.45) is 5.41 Å². The van der Waals surface area contributed by atoms with Crippen LogP contribution in [0.3, 0.4) is 0 Å². The Morgan fingerprint density at radius 1 is 1.25 bits per heavy atom. The van der Waals surface area contributed by atoms with Crippen LogP contribution in [0.2, 0.25) is 0 Å². The Bertz CT molecular complexity index is 336. The number of rotatable bonds is 3. The molecule has 0 aromatic heterocycles. The van der Waals surface area contributed by atoms with E-state index in [0.717, 1.165) is 12.0 Å². The zero-order chi connectivity index (χ0) is 12.2. The third-order valence-electron chi connectivity index (χ3n) is 2.40. The van der Waals surface area contributed by atoms with Crippen LogP contribution in [0, 0.1) is 5.41 Å². The average Bonchev–Trinajstić information content (AvgIpc) is 2.25. The van der Waals surface area contributed by atoms with E-state index in [4.69, 9.17) is 4.74 Å². The van der Waals surface area contributed by atoms with Crippen LogP contribution in [-0.4, -0.2) is 5.97 Å². The molecule has 1 rings (SSSR count). The highest BCUT2D eigenvalue weighted by Gasteiger charge is 2.26. The van der Waals surface area contributed by atoms with Crippen LogP contribution in [0.5, 0.6) is 0 Å². The highest BCUT2D eigenvalue weighted by Crippen LogP contribution is 2.25. The third-order valence-corrected chi connectivity index (χ3v) is 2.40. The third kappa shape index (κ3) is 3.37. The van der Waals surface area contributed by atoms with Gasteiger partial charge in [-0.05, 0) is 32.8 Å². The molecule has 16 heavy (non-hydrogen) atoms. The number of carbonyl (C=O) groups is 1. The van der Waals surface area contributed by atoms with Crippen LogP contribution in [0.1, 0.15) is 45.8 Å². The summed E-state index contributed by atoms with van der Waals surface area (Å²) in [6.45, 7) is 7.63. The maximum Gasteiger partial charge on any atom is 0.311 e. The number of hydrogen-bond acceptors (Lipinski definition) is 2. The molecule has 1 unspecified atom stereocenters. The Morgan fingerprint density at radius 3 is 2.25 bits per heavy atom. The fourth-order valence-electron chi connectivity index (χ4n) is 1.36. The van der Waals surface area contributed by atoms with Gasteiger partial charge in [-0.15, -0.1) is 0 Å². The van der Waals surface area contributed by atoms with Gasteiger partial charge < -0.3 is 4.74 Å². The van der Waals surface area contributed by atoms with Crippen molar-refractivity contribution in [3.05, 3.63) is 35.9 Å². The number of carbonyl (C=O) groups excluding carboxylic acids is 1. The normalized spacial score (nSPS) is 13.2. The van der Waals surface area contributed by atoms with Gasteiger partial charge in [0.25, 0.3) is 0 Å². The predicted octanol–water partition coefficient (Wildman–Crippen LogP) is 3.73. The van der Waals surface area contributed by atoms with Gasteiger partial charge in [-0.2, -0.15) is 0 Å². The standard InChI is InChI=1S/C14H20O2/c1-5-12(11-9-7-6-8-10-11)16-13(15)14(2,3)4/h6-10,12H,5H2,1-4H3. The largest absolute Gasteiger partial charge is 0.457 e. The van der Waals surface area contributed by atoms with Gasteiger partial charge in [-0.1, -0.05) is 37.3 Å². The van der Waals surface area contributed by atoms with E-state index in [2.05, 4.69) is 0 Å². The average molecular weight is 220 g/mol. The summed E-state index contributed by atoms with van der Waals surface area (Å²) in [6.07, 6.45) is 0.666. The second-order valence-electron chi connectivity index (χ2n) is 4.96. The molecule has 0 saturated heterocycles. The lowest BCUT2D eigenvalue weighted by Gasteiger charge is -2.22. The van der Waals surface area contributed by atoms with Gasteiger partial charge in [0.15, 0.2) is 0 Å². The zero-order valence-corrected chi connectivity index (χ0v) is 10.5. The minimum absolute atomic E-state index is 0.132. The monoisotopic (exact) mass is 220 g/mol. The maximum absolute atomic E-state index is 11.8. The highest BCUT2D eigenvalue weighted by atomic mass is 16.5. The van der Waals surface area contributed by atoms with Gasteiger partial charge in [0, 0.05) is 0 Å². The molecule has 1 aromatic carbocycles. The summed E-state index contributed by atoms with van der Waals surface area (Å²) in [7, 11) is 0. The van der Waals surface area contributed by atoms with E-state index in [-0.39, 0.29) is 12.1 Å². The SMILES string of the molecule is CCC(OC(=O)C(C)(C)C)c1ccccc1. The first kappa shape index (κ1) is 12.8. The Kier molecular flexibility index (Phi) is 4.11. The molecule has 2 heteroatoms. The van der Waals surface area contributed by atoms with Gasteiger partial charge in [-0.3, -0.25) is 4.79 Å². The van der Waals surface area contributed by atoms with Crippen molar-refractivity contribution in [3.63, 3.8) is 0 Å². The molecule has 0 aliphatic rings. The molecule has 1 aromatic rings. The van der Waals surface area contributed by atoms with Crippen LogP contribution in [-0.2, 0) is 9.53 Å². The number of hydrogen-bond donors (Lipinski definition) is 0. The first-order valence-corrected chi connectivity index (χ1v) is 5.71. The van der Waals surface area contributed by atoms with Gasteiger partial charge in [0.05, 0.1) is 5.41 Å². The van der Waals surface area contributed by atoms with E-state index in [1.54, 1.807) is 0 Å². The Labute approximate surface area is 97.6 Å². The van der Waals surface area contributed by atoms with E-state index in [1.807, 2.05) is 58.0 Å². The number of ether oxygens (including phenoxy) is 1. The molecular weight excluding hydrogens is 200 g/mol. The summed E-state index contributed by atoms with van der Waals surface area (Å²) in [5.41, 5.74) is 0.616. The Balaban J connectivity index is 2.75. The van der Waals surface area contributed by atoms with E-state index in [0.29, 0.717) is 0 Å². The molecule has 0 saturated carbocycles. The van der Waals surface area contributed by atoms with Crippen molar-refractivity contribution >= 4 is 5.97 Å². The lowest BCUT2D eigenvalue weighted by molar-refractivity contribution is -0.159. The summed E-state index contributed by atoms with van der Waals surface area (Å²) in [6, 6.07) is 9.86. The minimum atomic E-state index is -0.442. The second-order valence-corrected chi connectivity index (χ2v) is 4.96. The Morgan fingerprint density at radius 2 is 1.81 bits per heavy atom. The van der Waals surface area contributed by atoms with E-state index in [9.17, 15) is 4.79 Å². The van der Waals surface area contributed by atoms with Crippen LogP contribution in [0.4, 0.5) is 0 Å². The molecule has 0 fully saturated rings. The summed E-state index contributed by atoms with van der Waals surface area (Å²) < 4.78 is 5.51. The molecule has 0 radical (unpaired) electrons. The van der Waals surface area contributed by atoms with E-state index < -0.39 is 5.41 Å². The molecule has 0 aliphatic carbocycles. The van der Waals surface area contributed by atoms with Crippen LogP contribution in [0.15, 0.2) is 30.3 Å². The molecule has 0 N–H and O–H groups in total. The van der Waals surface area contributed by atoms with Crippen molar-refractivity contribution in [2.75, 3.05) is 0 Å². The number of esters is 1. The molecule has 0 aliphatic heterocycles. The molecule has 0 bridgehead atoms. The van der Waals surface area contributed by atoms with E-state index >= 15 is 0 Å². The van der Waals surface area contributed by atoms with Crippen LogP contribution in [0.25, 0.3) is 0 Å². The number of benzene rings is 1. The van der Waals surface area contributed by atoms with Crippen molar-refractivity contribution < 1.29 is 9.53 Å². The molecule has 2 nitrogen and oxygen atoms in total. The molecule has 0 heterocycles. The first-order chi connectivity index (χ1) is 7.45. The van der Waals surface area contributed by atoms with Crippen molar-refractivity contribution in [3.8, 4) is 0 Å². The molecule has 0 amide bonds. The van der Waals surface area contributed by atoms with Gasteiger partial charge >= 0.3 is 5.97 Å². The molecule has 88 valence electrons. The van der Waals surface area contributed by atoms with Gasteiger partial charge in [0.2, 0.25) is 0 Å². The fourth-order valence-corrected chi connectivity index (χ4v) is 1.36. The molecule has 1 atom stereocenters. The predicted molar refractivity (Wildman–Crippen MR) is 65.0 cm³/mol. The maximum atomic E-state index is 11.8. The summed E-state index contributed by atoms with van der Waals surface area (Å²) in [4.78, 5) is 11.8. The lowest BCUT2D eigenvalue weighted by atomic mass is 9.97. The molecular formula is C14H20O2. The van der Waals surface area contributed by atoms with Gasteiger partial charge in [0.1, 0.15) is 6.10 Å². The quantitative estimate of drug-likeness (QED) is 0.725. The lowest BCUT2D eigenvalue weighted by Crippen LogP contribution is -2.24. The second kappa shape index (κ2) is 5.15. The summed E-state index contributed by atoms with van der Waals surface area (Å²) in [5.74, 6) is -0.150. The smallest absolute Gasteiger partial charge is 0.311 e. The minimum Gasteiger partial charge on any atom is -0.457 e. The fraction of sp³-hybridized carbons (Fsp3) is 0.500. The zero-order valence-electron chi connectivity index (χ0n) is 10.5.